The van der Waals surface area contributed by atoms with Crippen LogP contribution in [0.15, 0.2) is 47.1 Å². The Bertz CT molecular complexity index is 891. The summed E-state index contributed by atoms with van der Waals surface area (Å²) >= 11 is 3.26. The summed E-state index contributed by atoms with van der Waals surface area (Å²) < 4.78 is 41.2. The zero-order chi connectivity index (χ0) is 16.6. The van der Waals surface area contributed by atoms with Gasteiger partial charge >= 0.3 is 0 Å². The number of hydrogen-bond acceptors (Lipinski definition) is 2. The van der Waals surface area contributed by atoms with Crippen LogP contribution in [0.1, 0.15) is 10.4 Å². The molecule has 0 spiro atoms. The smallest absolute Gasteiger partial charge is 0.159 e. The number of halogens is 4. The van der Waals surface area contributed by atoms with Gasteiger partial charge in [-0.05, 0) is 58.4 Å². The number of hydrogen-bond donors (Lipinski definition) is 0. The molecule has 0 atom stereocenters. The average molecular weight is 381 g/mol. The van der Waals surface area contributed by atoms with Crippen LogP contribution in [0.2, 0.25) is 0 Å². The second-order valence-corrected chi connectivity index (χ2v) is 5.44. The van der Waals surface area contributed by atoms with Crippen LogP contribution in [0.5, 0.6) is 0 Å². The molecule has 1 aromatic heterocycles. The summed E-state index contributed by atoms with van der Waals surface area (Å²) in [5.41, 5.74) is 1.14. The van der Waals surface area contributed by atoms with Gasteiger partial charge in [-0.1, -0.05) is 0 Å². The SMILES string of the molecule is O=Cc1c(-c2ccc(F)c(F)c2)nn(-c2ccc(F)cc2)c1Br. The lowest BCUT2D eigenvalue weighted by Gasteiger charge is -2.02. The van der Waals surface area contributed by atoms with E-state index in [4.69, 9.17) is 0 Å². The van der Waals surface area contributed by atoms with Gasteiger partial charge in [0, 0.05) is 5.56 Å². The topological polar surface area (TPSA) is 34.9 Å². The van der Waals surface area contributed by atoms with Gasteiger partial charge in [0.2, 0.25) is 0 Å². The fraction of sp³-hybridized carbons (Fsp3) is 0. The standard InChI is InChI=1S/C16H8BrF3N2O/c17-16-12(8-23)15(9-1-6-13(19)14(20)7-9)21-22(16)11-4-2-10(18)3-5-11/h1-8H. The Hall–Kier alpha value is -2.41. The Labute approximate surface area is 137 Å². The van der Waals surface area contributed by atoms with Crippen molar-refractivity contribution in [1.29, 1.82) is 0 Å². The first-order chi connectivity index (χ1) is 11.0. The molecule has 0 amide bonds. The molecule has 3 rings (SSSR count). The van der Waals surface area contributed by atoms with E-state index in [1.165, 1.54) is 35.0 Å². The van der Waals surface area contributed by atoms with E-state index in [2.05, 4.69) is 21.0 Å². The summed E-state index contributed by atoms with van der Waals surface area (Å²) in [6.07, 6.45) is 0.563. The van der Waals surface area contributed by atoms with Crippen molar-refractivity contribution in [2.45, 2.75) is 0 Å². The van der Waals surface area contributed by atoms with Crippen molar-refractivity contribution in [2.24, 2.45) is 0 Å². The lowest BCUT2D eigenvalue weighted by Crippen LogP contribution is -1.97. The molecular weight excluding hydrogens is 373 g/mol. The molecule has 0 bridgehead atoms. The first-order valence-corrected chi connectivity index (χ1v) is 7.25. The number of rotatable bonds is 3. The molecule has 3 aromatic rings. The highest BCUT2D eigenvalue weighted by atomic mass is 79.9. The summed E-state index contributed by atoms with van der Waals surface area (Å²) in [5, 5.41) is 4.25. The Morgan fingerprint density at radius 3 is 2.30 bits per heavy atom. The molecular formula is C16H8BrF3N2O. The van der Waals surface area contributed by atoms with Crippen molar-refractivity contribution in [2.75, 3.05) is 0 Å². The molecule has 0 aliphatic rings. The Morgan fingerprint density at radius 2 is 1.70 bits per heavy atom. The highest BCUT2D eigenvalue weighted by Gasteiger charge is 2.19. The van der Waals surface area contributed by atoms with E-state index < -0.39 is 17.5 Å². The van der Waals surface area contributed by atoms with Crippen molar-refractivity contribution >= 4 is 22.2 Å². The molecule has 2 aromatic carbocycles. The maximum absolute atomic E-state index is 13.4. The zero-order valence-electron chi connectivity index (χ0n) is 11.4. The van der Waals surface area contributed by atoms with Crippen molar-refractivity contribution in [3.63, 3.8) is 0 Å². The van der Waals surface area contributed by atoms with Crippen molar-refractivity contribution in [1.82, 2.24) is 9.78 Å². The van der Waals surface area contributed by atoms with E-state index >= 15 is 0 Å². The van der Waals surface area contributed by atoms with Crippen molar-refractivity contribution in [3.05, 3.63) is 70.1 Å². The van der Waals surface area contributed by atoms with Gasteiger partial charge in [-0.15, -0.1) is 0 Å². The Morgan fingerprint density at radius 1 is 1.00 bits per heavy atom. The molecule has 0 saturated heterocycles. The first kappa shape index (κ1) is 15.5. The first-order valence-electron chi connectivity index (χ1n) is 6.46. The third kappa shape index (κ3) is 2.79. The largest absolute Gasteiger partial charge is 0.298 e. The van der Waals surface area contributed by atoms with Gasteiger partial charge < -0.3 is 0 Å². The summed E-state index contributed by atoms with van der Waals surface area (Å²) in [5.74, 6) is -2.43. The molecule has 0 aliphatic carbocycles. The van der Waals surface area contributed by atoms with Gasteiger partial charge in [0.15, 0.2) is 17.9 Å². The molecule has 0 aliphatic heterocycles. The lowest BCUT2D eigenvalue weighted by molar-refractivity contribution is 0.112. The minimum Gasteiger partial charge on any atom is -0.298 e. The number of carbonyl (C=O) groups excluding carboxylic acids is 1. The minimum atomic E-state index is -1.04. The zero-order valence-corrected chi connectivity index (χ0v) is 13.0. The molecule has 0 unspecified atom stereocenters. The van der Waals surface area contributed by atoms with Crippen LogP contribution in [0.25, 0.3) is 16.9 Å². The molecule has 116 valence electrons. The van der Waals surface area contributed by atoms with E-state index in [9.17, 15) is 18.0 Å². The summed E-state index contributed by atoms with van der Waals surface area (Å²) in [7, 11) is 0. The van der Waals surface area contributed by atoms with Gasteiger partial charge in [-0.3, -0.25) is 4.79 Å². The number of nitrogens with zero attached hydrogens (tertiary/aromatic N) is 2. The summed E-state index contributed by atoms with van der Waals surface area (Å²) in [6.45, 7) is 0. The molecule has 0 fully saturated rings. The van der Waals surface area contributed by atoms with E-state index in [1.54, 1.807) is 0 Å². The van der Waals surface area contributed by atoms with Gasteiger partial charge in [0.05, 0.1) is 11.3 Å². The van der Waals surface area contributed by atoms with Crippen LogP contribution in [0, 0.1) is 17.5 Å². The highest BCUT2D eigenvalue weighted by molar-refractivity contribution is 9.10. The second-order valence-electron chi connectivity index (χ2n) is 4.69. The Kier molecular flexibility index (Phi) is 4.04. The van der Waals surface area contributed by atoms with Crippen LogP contribution in [-0.2, 0) is 0 Å². The van der Waals surface area contributed by atoms with Crippen LogP contribution in [-0.4, -0.2) is 16.1 Å². The minimum absolute atomic E-state index is 0.181. The monoisotopic (exact) mass is 380 g/mol. The summed E-state index contributed by atoms with van der Waals surface area (Å²) in [6, 6.07) is 8.72. The molecule has 1 heterocycles. The number of carbonyl (C=O) groups is 1. The second kappa shape index (κ2) is 6.00. The van der Waals surface area contributed by atoms with E-state index in [0.717, 1.165) is 12.1 Å². The van der Waals surface area contributed by atoms with Crippen molar-refractivity contribution < 1.29 is 18.0 Å². The van der Waals surface area contributed by atoms with Crippen LogP contribution in [0.4, 0.5) is 13.2 Å². The van der Waals surface area contributed by atoms with Crippen LogP contribution < -0.4 is 0 Å². The van der Waals surface area contributed by atoms with Gasteiger partial charge in [0.1, 0.15) is 16.1 Å². The Balaban J connectivity index is 2.18. The van der Waals surface area contributed by atoms with Crippen LogP contribution >= 0.6 is 15.9 Å². The third-order valence-electron chi connectivity index (χ3n) is 3.25. The lowest BCUT2D eigenvalue weighted by atomic mass is 10.1. The molecule has 23 heavy (non-hydrogen) atoms. The van der Waals surface area contributed by atoms with E-state index in [0.29, 0.717) is 16.6 Å². The fourth-order valence-corrected chi connectivity index (χ4v) is 2.69. The quantitative estimate of drug-likeness (QED) is 0.625. The molecule has 7 heteroatoms. The highest BCUT2D eigenvalue weighted by Crippen LogP contribution is 2.30. The maximum Gasteiger partial charge on any atom is 0.159 e. The van der Waals surface area contributed by atoms with Crippen LogP contribution in [0.3, 0.4) is 0 Å². The summed E-state index contributed by atoms with van der Waals surface area (Å²) in [4.78, 5) is 11.4. The maximum atomic E-state index is 13.4. The number of aldehydes is 1. The molecule has 3 nitrogen and oxygen atoms in total. The molecule has 0 radical (unpaired) electrons. The average Bonchev–Trinajstić information content (AvgIpc) is 2.87. The molecule has 0 saturated carbocycles. The van der Waals surface area contributed by atoms with Gasteiger partial charge in [-0.25, -0.2) is 17.9 Å². The third-order valence-corrected chi connectivity index (χ3v) is 4.01. The van der Waals surface area contributed by atoms with E-state index in [1.807, 2.05) is 0 Å². The van der Waals surface area contributed by atoms with Gasteiger partial charge in [-0.2, -0.15) is 5.10 Å². The van der Waals surface area contributed by atoms with Crippen molar-refractivity contribution in [3.8, 4) is 16.9 Å². The number of benzene rings is 2. The van der Waals surface area contributed by atoms with E-state index in [-0.39, 0.29) is 16.8 Å². The normalized spacial score (nSPS) is 10.8. The predicted octanol–water partition coefficient (Wildman–Crippen LogP) is 4.53. The predicted molar refractivity (Wildman–Crippen MR) is 82.0 cm³/mol. The van der Waals surface area contributed by atoms with Gasteiger partial charge in [0.25, 0.3) is 0 Å². The molecule has 0 N–H and O–H groups in total. The fourth-order valence-electron chi connectivity index (χ4n) is 2.12. The number of aromatic nitrogens is 2.